The maximum Gasteiger partial charge on any atom is 0.411 e. The summed E-state index contributed by atoms with van der Waals surface area (Å²) in [4.78, 5) is 15.2. The highest BCUT2D eigenvalue weighted by Gasteiger charge is 2.02. The number of carbonyl (C=O) groups excluding carboxylic acids is 1. The lowest BCUT2D eigenvalue weighted by molar-refractivity contribution is 0.168. The van der Waals surface area contributed by atoms with Crippen molar-refractivity contribution in [1.82, 2.24) is 4.98 Å². The van der Waals surface area contributed by atoms with E-state index in [1.54, 1.807) is 19.3 Å². The van der Waals surface area contributed by atoms with Crippen LogP contribution in [0.3, 0.4) is 0 Å². The average molecular weight is 216 g/mol. The van der Waals surface area contributed by atoms with Crippen LogP contribution in [0.4, 0.5) is 10.5 Å². The van der Waals surface area contributed by atoms with Crippen LogP contribution in [-0.2, 0) is 4.74 Å². The standard InChI is InChI=1S/C12H12N2O2/c1-2-16-12(15)14-11-4-3-10-8-13-6-5-9(10)7-11/h3-8H,2H2,1H3,(H,14,15). The molecule has 4 heteroatoms. The molecule has 1 amide bonds. The largest absolute Gasteiger partial charge is 0.450 e. The SMILES string of the molecule is CCOC(=O)Nc1ccc2cnccc2c1. The molecule has 1 N–H and O–H groups in total. The predicted molar refractivity (Wildman–Crippen MR) is 62.4 cm³/mol. The summed E-state index contributed by atoms with van der Waals surface area (Å²) in [6.45, 7) is 2.13. The van der Waals surface area contributed by atoms with Gasteiger partial charge in [-0.15, -0.1) is 0 Å². The van der Waals surface area contributed by atoms with Crippen molar-refractivity contribution < 1.29 is 9.53 Å². The number of rotatable bonds is 2. The molecule has 0 fully saturated rings. The Kier molecular flexibility index (Phi) is 3.00. The van der Waals surface area contributed by atoms with Crippen molar-refractivity contribution in [3.63, 3.8) is 0 Å². The van der Waals surface area contributed by atoms with Crippen LogP contribution < -0.4 is 5.32 Å². The summed E-state index contributed by atoms with van der Waals surface area (Å²) in [7, 11) is 0. The van der Waals surface area contributed by atoms with Crippen molar-refractivity contribution in [2.24, 2.45) is 0 Å². The Labute approximate surface area is 93.3 Å². The first kappa shape index (κ1) is 10.4. The molecule has 0 aliphatic carbocycles. The molecule has 0 unspecified atom stereocenters. The van der Waals surface area contributed by atoms with Crippen molar-refractivity contribution in [2.75, 3.05) is 11.9 Å². The van der Waals surface area contributed by atoms with Crippen LogP contribution in [0.5, 0.6) is 0 Å². The number of carbonyl (C=O) groups is 1. The van der Waals surface area contributed by atoms with Gasteiger partial charge in [-0.1, -0.05) is 6.07 Å². The minimum atomic E-state index is -0.434. The van der Waals surface area contributed by atoms with Crippen molar-refractivity contribution in [3.8, 4) is 0 Å². The van der Waals surface area contributed by atoms with Crippen LogP contribution in [0.15, 0.2) is 36.7 Å². The molecular formula is C12H12N2O2. The fourth-order valence-corrected chi connectivity index (χ4v) is 1.45. The highest BCUT2D eigenvalue weighted by atomic mass is 16.5. The molecule has 0 aliphatic rings. The van der Waals surface area contributed by atoms with Gasteiger partial charge in [0, 0.05) is 23.5 Å². The van der Waals surface area contributed by atoms with E-state index >= 15 is 0 Å². The molecule has 0 aliphatic heterocycles. The monoisotopic (exact) mass is 216 g/mol. The lowest BCUT2D eigenvalue weighted by Crippen LogP contribution is -2.13. The second-order valence-electron chi connectivity index (χ2n) is 3.28. The van der Waals surface area contributed by atoms with Gasteiger partial charge in [-0.3, -0.25) is 10.3 Å². The van der Waals surface area contributed by atoms with E-state index in [4.69, 9.17) is 4.74 Å². The van der Waals surface area contributed by atoms with E-state index in [2.05, 4.69) is 10.3 Å². The number of fused-ring (bicyclic) bond motifs is 1. The number of anilines is 1. The number of amides is 1. The topological polar surface area (TPSA) is 51.2 Å². The van der Waals surface area contributed by atoms with Gasteiger partial charge in [-0.25, -0.2) is 4.79 Å². The van der Waals surface area contributed by atoms with Crippen molar-refractivity contribution in [2.45, 2.75) is 6.92 Å². The summed E-state index contributed by atoms with van der Waals surface area (Å²) < 4.78 is 4.80. The first-order chi connectivity index (χ1) is 7.79. The van der Waals surface area contributed by atoms with E-state index in [0.29, 0.717) is 6.61 Å². The summed E-state index contributed by atoms with van der Waals surface area (Å²) in [6.07, 6.45) is 3.07. The van der Waals surface area contributed by atoms with Gasteiger partial charge in [-0.2, -0.15) is 0 Å². The summed E-state index contributed by atoms with van der Waals surface area (Å²) in [5.41, 5.74) is 0.720. The third-order valence-corrected chi connectivity index (χ3v) is 2.16. The third-order valence-electron chi connectivity index (χ3n) is 2.16. The molecule has 2 rings (SSSR count). The van der Waals surface area contributed by atoms with Gasteiger partial charge >= 0.3 is 6.09 Å². The molecule has 82 valence electrons. The number of ether oxygens (including phenoxy) is 1. The quantitative estimate of drug-likeness (QED) is 0.839. The molecule has 2 aromatic rings. The lowest BCUT2D eigenvalue weighted by Gasteiger charge is -2.05. The van der Waals surface area contributed by atoms with Crippen LogP contribution >= 0.6 is 0 Å². The molecule has 0 atom stereocenters. The molecule has 16 heavy (non-hydrogen) atoms. The van der Waals surface area contributed by atoms with Gasteiger partial charge in [-0.05, 0) is 30.5 Å². The van der Waals surface area contributed by atoms with Gasteiger partial charge in [0.05, 0.1) is 6.61 Å². The zero-order valence-electron chi connectivity index (χ0n) is 8.93. The molecular weight excluding hydrogens is 204 g/mol. The smallest absolute Gasteiger partial charge is 0.411 e. The number of aromatic nitrogens is 1. The zero-order chi connectivity index (χ0) is 11.4. The Bertz CT molecular complexity index is 511. The van der Waals surface area contributed by atoms with Crippen LogP contribution in [-0.4, -0.2) is 17.7 Å². The molecule has 1 aromatic heterocycles. The first-order valence-electron chi connectivity index (χ1n) is 5.07. The number of benzene rings is 1. The fourth-order valence-electron chi connectivity index (χ4n) is 1.45. The van der Waals surface area contributed by atoms with Crippen molar-refractivity contribution in [3.05, 3.63) is 36.7 Å². The minimum Gasteiger partial charge on any atom is -0.450 e. The number of hydrogen-bond acceptors (Lipinski definition) is 3. The third kappa shape index (κ3) is 2.28. The summed E-state index contributed by atoms with van der Waals surface area (Å²) in [5.74, 6) is 0. The number of hydrogen-bond donors (Lipinski definition) is 1. The Balaban J connectivity index is 2.22. The molecule has 0 saturated heterocycles. The Morgan fingerprint density at radius 3 is 3.06 bits per heavy atom. The molecule has 1 aromatic carbocycles. The number of nitrogens with one attached hydrogen (secondary N) is 1. The molecule has 0 radical (unpaired) electrons. The second-order valence-corrected chi connectivity index (χ2v) is 3.28. The lowest BCUT2D eigenvalue weighted by atomic mass is 10.1. The molecule has 0 spiro atoms. The van der Waals surface area contributed by atoms with Crippen LogP contribution in [0.1, 0.15) is 6.92 Å². The fraction of sp³-hybridized carbons (Fsp3) is 0.167. The van der Waals surface area contributed by atoms with E-state index in [1.807, 2.05) is 24.3 Å². The minimum absolute atomic E-state index is 0.364. The van der Waals surface area contributed by atoms with Crippen LogP contribution in [0.25, 0.3) is 10.8 Å². The summed E-state index contributed by atoms with van der Waals surface area (Å²) in [6, 6.07) is 7.50. The van der Waals surface area contributed by atoms with Gasteiger partial charge in [0.15, 0.2) is 0 Å². The molecule has 4 nitrogen and oxygen atoms in total. The Hall–Kier alpha value is -2.10. The zero-order valence-corrected chi connectivity index (χ0v) is 8.93. The highest BCUT2D eigenvalue weighted by molar-refractivity contribution is 5.90. The second kappa shape index (κ2) is 4.61. The van der Waals surface area contributed by atoms with Gasteiger partial charge in [0.2, 0.25) is 0 Å². The Morgan fingerprint density at radius 2 is 2.25 bits per heavy atom. The van der Waals surface area contributed by atoms with E-state index in [1.165, 1.54) is 0 Å². The molecule has 0 saturated carbocycles. The average Bonchev–Trinajstić information content (AvgIpc) is 2.29. The Morgan fingerprint density at radius 1 is 1.38 bits per heavy atom. The van der Waals surface area contributed by atoms with Crippen molar-refractivity contribution >= 4 is 22.6 Å². The number of pyridine rings is 1. The van der Waals surface area contributed by atoms with Crippen LogP contribution in [0.2, 0.25) is 0 Å². The normalized spacial score (nSPS) is 10.1. The highest BCUT2D eigenvalue weighted by Crippen LogP contribution is 2.17. The maximum absolute atomic E-state index is 11.2. The molecule has 0 bridgehead atoms. The number of nitrogens with zero attached hydrogens (tertiary/aromatic N) is 1. The van der Waals surface area contributed by atoms with Gasteiger partial charge in [0.1, 0.15) is 0 Å². The van der Waals surface area contributed by atoms with E-state index < -0.39 is 6.09 Å². The van der Waals surface area contributed by atoms with Crippen LogP contribution in [0, 0.1) is 0 Å². The van der Waals surface area contributed by atoms with E-state index in [9.17, 15) is 4.79 Å². The van der Waals surface area contributed by atoms with Crippen molar-refractivity contribution in [1.29, 1.82) is 0 Å². The maximum atomic E-state index is 11.2. The summed E-state index contributed by atoms with van der Waals surface area (Å²) in [5, 5.41) is 4.72. The van der Waals surface area contributed by atoms with Gasteiger partial charge < -0.3 is 4.74 Å². The van der Waals surface area contributed by atoms with E-state index in [-0.39, 0.29) is 0 Å². The summed E-state index contributed by atoms with van der Waals surface area (Å²) >= 11 is 0. The first-order valence-corrected chi connectivity index (χ1v) is 5.07. The molecule has 1 heterocycles. The van der Waals surface area contributed by atoms with Gasteiger partial charge in [0.25, 0.3) is 0 Å². The van der Waals surface area contributed by atoms with E-state index in [0.717, 1.165) is 16.5 Å². The predicted octanol–water partition coefficient (Wildman–Crippen LogP) is 2.80.